The Labute approximate surface area is 179 Å². The van der Waals surface area contributed by atoms with Crippen LogP contribution in [0.4, 0.5) is 0 Å². The van der Waals surface area contributed by atoms with Gasteiger partial charge in [0.2, 0.25) is 5.75 Å². The van der Waals surface area contributed by atoms with E-state index in [9.17, 15) is 4.79 Å². The summed E-state index contributed by atoms with van der Waals surface area (Å²) in [7, 11) is 0. The van der Waals surface area contributed by atoms with Crippen LogP contribution in [-0.2, 0) is 17.9 Å². The van der Waals surface area contributed by atoms with Gasteiger partial charge in [0.05, 0.1) is 32.5 Å². The van der Waals surface area contributed by atoms with Crippen LogP contribution in [-0.4, -0.2) is 31.8 Å². The van der Waals surface area contributed by atoms with Crippen LogP contribution in [0.5, 0.6) is 17.2 Å². The average molecular weight is 416 g/mol. The highest BCUT2D eigenvalue weighted by molar-refractivity contribution is 5.95. The standard InChI is InChI=1S/C24H33NO5/c1-6-27-21-13-20(14-22(28-7-2)23(21)29-8-3)24(26)25-15-18-11-9-10-12-19(18)16-30-17(4)5/h9-14,17H,6-8,15-16H2,1-5H3,(H,25,26). The molecule has 30 heavy (non-hydrogen) atoms. The molecule has 6 heteroatoms. The highest BCUT2D eigenvalue weighted by Gasteiger charge is 2.18. The second kappa shape index (κ2) is 12.1. The molecule has 0 heterocycles. The molecule has 0 aliphatic heterocycles. The van der Waals surface area contributed by atoms with Crippen molar-refractivity contribution in [2.45, 2.75) is 53.9 Å². The molecule has 0 spiro atoms. The van der Waals surface area contributed by atoms with Gasteiger partial charge in [0.25, 0.3) is 5.91 Å². The zero-order valence-corrected chi connectivity index (χ0v) is 18.6. The van der Waals surface area contributed by atoms with Crippen molar-refractivity contribution in [3.8, 4) is 17.2 Å². The number of amides is 1. The SMILES string of the molecule is CCOc1cc(C(=O)NCc2ccccc2COC(C)C)cc(OCC)c1OCC. The van der Waals surface area contributed by atoms with E-state index in [2.05, 4.69) is 5.32 Å². The number of hydrogen-bond donors (Lipinski definition) is 1. The second-order valence-corrected chi connectivity index (χ2v) is 6.91. The largest absolute Gasteiger partial charge is 0.490 e. The molecule has 2 aromatic rings. The van der Waals surface area contributed by atoms with Gasteiger partial charge in [-0.25, -0.2) is 0 Å². The molecule has 0 atom stereocenters. The van der Waals surface area contributed by atoms with Crippen molar-refractivity contribution in [1.82, 2.24) is 5.32 Å². The monoisotopic (exact) mass is 415 g/mol. The molecule has 0 aliphatic rings. The van der Waals surface area contributed by atoms with Crippen molar-refractivity contribution in [3.63, 3.8) is 0 Å². The summed E-state index contributed by atoms with van der Waals surface area (Å²) >= 11 is 0. The quantitative estimate of drug-likeness (QED) is 0.542. The third-order valence-electron chi connectivity index (χ3n) is 4.30. The Morgan fingerprint density at radius 2 is 1.47 bits per heavy atom. The maximum Gasteiger partial charge on any atom is 0.251 e. The first-order valence-corrected chi connectivity index (χ1v) is 10.5. The maximum absolute atomic E-state index is 12.9. The van der Waals surface area contributed by atoms with Gasteiger partial charge in [-0.1, -0.05) is 24.3 Å². The molecule has 0 unspecified atom stereocenters. The lowest BCUT2D eigenvalue weighted by Crippen LogP contribution is -2.24. The summed E-state index contributed by atoms with van der Waals surface area (Å²) in [6.45, 7) is 12.0. The summed E-state index contributed by atoms with van der Waals surface area (Å²) in [5.74, 6) is 1.32. The third kappa shape index (κ3) is 6.66. The predicted molar refractivity (Wildman–Crippen MR) is 117 cm³/mol. The second-order valence-electron chi connectivity index (χ2n) is 6.91. The fourth-order valence-corrected chi connectivity index (χ4v) is 2.92. The Hall–Kier alpha value is -2.73. The zero-order chi connectivity index (χ0) is 21.9. The summed E-state index contributed by atoms with van der Waals surface area (Å²) < 4.78 is 22.8. The molecule has 0 saturated heterocycles. The Kier molecular flexibility index (Phi) is 9.48. The molecule has 0 saturated carbocycles. The summed E-state index contributed by atoms with van der Waals surface area (Å²) in [4.78, 5) is 12.9. The van der Waals surface area contributed by atoms with E-state index < -0.39 is 0 Å². The molecular formula is C24H33NO5. The molecule has 1 amide bonds. The molecule has 0 aromatic heterocycles. The van der Waals surface area contributed by atoms with E-state index in [1.165, 1.54) is 0 Å². The molecule has 1 N–H and O–H groups in total. The molecule has 164 valence electrons. The van der Waals surface area contributed by atoms with Gasteiger partial charge < -0.3 is 24.3 Å². The van der Waals surface area contributed by atoms with Gasteiger partial charge in [-0.2, -0.15) is 0 Å². The minimum Gasteiger partial charge on any atom is -0.490 e. The van der Waals surface area contributed by atoms with Gasteiger partial charge in [-0.3, -0.25) is 4.79 Å². The number of ether oxygens (including phenoxy) is 4. The van der Waals surface area contributed by atoms with E-state index in [0.717, 1.165) is 11.1 Å². The number of benzene rings is 2. The van der Waals surface area contributed by atoms with Crippen molar-refractivity contribution >= 4 is 5.91 Å². The number of carbonyl (C=O) groups excluding carboxylic acids is 1. The minimum absolute atomic E-state index is 0.144. The fraction of sp³-hybridized carbons (Fsp3) is 0.458. The molecule has 0 aliphatic carbocycles. The van der Waals surface area contributed by atoms with Crippen molar-refractivity contribution in [1.29, 1.82) is 0 Å². The van der Waals surface area contributed by atoms with Gasteiger partial charge in [0.1, 0.15) is 0 Å². The smallest absolute Gasteiger partial charge is 0.251 e. The normalized spacial score (nSPS) is 10.7. The Bertz CT molecular complexity index is 792. The molecule has 2 aromatic carbocycles. The van der Waals surface area contributed by atoms with Crippen LogP contribution in [0, 0.1) is 0 Å². The number of nitrogens with one attached hydrogen (secondary N) is 1. The van der Waals surface area contributed by atoms with Crippen LogP contribution in [0.3, 0.4) is 0 Å². The molecule has 0 bridgehead atoms. The summed E-state index contributed by atoms with van der Waals surface area (Å²) in [6.07, 6.45) is 0.144. The molecule has 0 fully saturated rings. The Morgan fingerprint density at radius 3 is 2.00 bits per heavy atom. The first-order valence-electron chi connectivity index (χ1n) is 10.5. The van der Waals surface area contributed by atoms with Crippen LogP contribution in [0.2, 0.25) is 0 Å². The molecule has 0 radical (unpaired) electrons. The van der Waals surface area contributed by atoms with Crippen LogP contribution in [0.1, 0.15) is 56.1 Å². The van der Waals surface area contributed by atoms with Gasteiger partial charge >= 0.3 is 0 Å². The van der Waals surface area contributed by atoms with Gasteiger partial charge in [0, 0.05) is 12.1 Å². The maximum atomic E-state index is 12.9. The Morgan fingerprint density at radius 1 is 0.900 bits per heavy atom. The minimum atomic E-state index is -0.209. The van der Waals surface area contributed by atoms with Crippen molar-refractivity contribution in [3.05, 3.63) is 53.1 Å². The van der Waals surface area contributed by atoms with E-state index in [1.54, 1.807) is 12.1 Å². The number of rotatable bonds is 12. The summed E-state index contributed by atoms with van der Waals surface area (Å²) in [5.41, 5.74) is 2.54. The summed E-state index contributed by atoms with van der Waals surface area (Å²) in [5, 5.41) is 2.99. The number of carbonyl (C=O) groups is 1. The van der Waals surface area contributed by atoms with Gasteiger partial charge in [0.15, 0.2) is 11.5 Å². The predicted octanol–water partition coefficient (Wildman–Crippen LogP) is 4.74. The van der Waals surface area contributed by atoms with Crippen LogP contribution < -0.4 is 19.5 Å². The average Bonchev–Trinajstić information content (AvgIpc) is 2.73. The van der Waals surface area contributed by atoms with E-state index in [4.69, 9.17) is 18.9 Å². The van der Waals surface area contributed by atoms with E-state index in [0.29, 0.717) is 55.8 Å². The molecule has 6 nitrogen and oxygen atoms in total. The highest BCUT2D eigenvalue weighted by atomic mass is 16.5. The lowest BCUT2D eigenvalue weighted by Gasteiger charge is -2.17. The zero-order valence-electron chi connectivity index (χ0n) is 18.6. The van der Waals surface area contributed by atoms with E-state index in [-0.39, 0.29) is 12.0 Å². The first-order chi connectivity index (χ1) is 14.5. The molecule has 2 rings (SSSR count). The van der Waals surface area contributed by atoms with Crippen molar-refractivity contribution < 1.29 is 23.7 Å². The van der Waals surface area contributed by atoms with Gasteiger partial charge in [-0.15, -0.1) is 0 Å². The highest BCUT2D eigenvalue weighted by Crippen LogP contribution is 2.39. The van der Waals surface area contributed by atoms with Crippen LogP contribution in [0.15, 0.2) is 36.4 Å². The van der Waals surface area contributed by atoms with E-state index >= 15 is 0 Å². The van der Waals surface area contributed by atoms with Crippen molar-refractivity contribution in [2.24, 2.45) is 0 Å². The first kappa shape index (κ1) is 23.5. The molecular weight excluding hydrogens is 382 g/mol. The van der Waals surface area contributed by atoms with Crippen LogP contribution >= 0.6 is 0 Å². The fourth-order valence-electron chi connectivity index (χ4n) is 2.92. The lowest BCUT2D eigenvalue weighted by molar-refractivity contribution is 0.0651. The summed E-state index contributed by atoms with van der Waals surface area (Å²) in [6, 6.07) is 11.3. The van der Waals surface area contributed by atoms with Crippen LogP contribution in [0.25, 0.3) is 0 Å². The van der Waals surface area contributed by atoms with E-state index in [1.807, 2.05) is 58.9 Å². The third-order valence-corrected chi connectivity index (χ3v) is 4.30. The number of hydrogen-bond acceptors (Lipinski definition) is 5. The van der Waals surface area contributed by atoms with Crippen molar-refractivity contribution in [2.75, 3.05) is 19.8 Å². The topological polar surface area (TPSA) is 66.0 Å². The van der Waals surface area contributed by atoms with Gasteiger partial charge in [-0.05, 0) is 57.9 Å². The Balaban J connectivity index is 2.21. The lowest BCUT2D eigenvalue weighted by atomic mass is 10.1.